The summed E-state index contributed by atoms with van der Waals surface area (Å²) >= 11 is 7.50. The van der Waals surface area contributed by atoms with Crippen LogP contribution in [0, 0.1) is 6.92 Å². The number of nitrogens with zero attached hydrogens (tertiary/aromatic N) is 2. The van der Waals surface area contributed by atoms with E-state index in [2.05, 4.69) is 15.3 Å². The largest absolute Gasteiger partial charge is 0.394 e. The lowest BCUT2D eigenvalue weighted by molar-refractivity contribution is 0.0917. The van der Waals surface area contributed by atoms with Crippen LogP contribution in [0.4, 0.5) is 0 Å². The van der Waals surface area contributed by atoms with Crippen molar-refractivity contribution < 1.29 is 9.90 Å². The van der Waals surface area contributed by atoms with Crippen LogP contribution >= 0.6 is 22.9 Å². The van der Waals surface area contributed by atoms with Crippen LogP contribution in [0.5, 0.6) is 0 Å². The number of aliphatic hydroxyl groups is 1. The monoisotopic (exact) mass is 387 g/mol. The van der Waals surface area contributed by atoms with E-state index >= 15 is 0 Å². The summed E-state index contributed by atoms with van der Waals surface area (Å²) in [5, 5.41) is 14.5. The number of thiophene rings is 1. The Morgan fingerprint density at radius 1 is 1.27 bits per heavy atom. The van der Waals surface area contributed by atoms with Crippen molar-refractivity contribution in [3.63, 3.8) is 0 Å². The smallest absolute Gasteiger partial charge is 0.270 e. The summed E-state index contributed by atoms with van der Waals surface area (Å²) < 4.78 is 0. The Bertz CT molecular complexity index is 925. The van der Waals surface area contributed by atoms with Gasteiger partial charge in [0.05, 0.1) is 17.2 Å². The molecule has 7 heteroatoms. The van der Waals surface area contributed by atoms with Gasteiger partial charge in [0.25, 0.3) is 5.91 Å². The molecule has 0 saturated heterocycles. The highest BCUT2D eigenvalue weighted by Gasteiger charge is 2.17. The fourth-order valence-corrected chi connectivity index (χ4v) is 3.36. The molecule has 0 radical (unpaired) electrons. The summed E-state index contributed by atoms with van der Waals surface area (Å²) in [4.78, 5) is 22.5. The van der Waals surface area contributed by atoms with E-state index in [0.717, 1.165) is 16.0 Å². The molecule has 0 aliphatic carbocycles. The predicted molar refractivity (Wildman–Crippen MR) is 105 cm³/mol. The second-order valence-corrected chi connectivity index (χ2v) is 7.31. The van der Waals surface area contributed by atoms with Crippen LogP contribution in [0.2, 0.25) is 5.02 Å². The van der Waals surface area contributed by atoms with Crippen LogP contribution in [0.3, 0.4) is 0 Å². The van der Waals surface area contributed by atoms with Crippen molar-refractivity contribution in [2.75, 3.05) is 6.61 Å². The zero-order chi connectivity index (χ0) is 18.7. The van der Waals surface area contributed by atoms with Gasteiger partial charge in [0, 0.05) is 16.6 Å². The first-order chi connectivity index (χ1) is 12.5. The molecule has 2 N–H and O–H groups in total. The van der Waals surface area contributed by atoms with Crippen molar-refractivity contribution in [1.29, 1.82) is 0 Å². The van der Waals surface area contributed by atoms with Crippen molar-refractivity contribution >= 4 is 28.8 Å². The molecule has 1 amide bonds. The summed E-state index contributed by atoms with van der Waals surface area (Å²) in [6.07, 6.45) is 0. The first kappa shape index (κ1) is 18.5. The average Bonchev–Trinajstić information content (AvgIpc) is 3.07. The first-order valence-electron chi connectivity index (χ1n) is 8.09. The first-order valence-corrected chi connectivity index (χ1v) is 9.35. The van der Waals surface area contributed by atoms with Crippen LogP contribution < -0.4 is 5.32 Å². The summed E-state index contributed by atoms with van der Waals surface area (Å²) in [7, 11) is 0. The molecule has 0 spiro atoms. The standard InChI is InChI=1S/C19H18ClN3O2S/c1-11-7-8-26-17(11)18-22-15(13-3-5-14(20)6-4-13)9-16(23-18)19(25)21-12(2)10-24/h3-9,12,24H,10H2,1-2H3,(H,21,25). The number of aliphatic hydroxyl groups excluding tert-OH is 1. The van der Waals surface area contributed by atoms with Gasteiger partial charge in [0.2, 0.25) is 0 Å². The molecule has 0 aliphatic rings. The highest BCUT2D eigenvalue weighted by Crippen LogP contribution is 2.29. The van der Waals surface area contributed by atoms with E-state index in [1.807, 2.05) is 30.5 Å². The van der Waals surface area contributed by atoms with E-state index in [-0.39, 0.29) is 24.2 Å². The summed E-state index contributed by atoms with van der Waals surface area (Å²) in [6, 6.07) is 10.6. The molecule has 1 aromatic carbocycles. The number of nitrogens with one attached hydrogen (secondary N) is 1. The second-order valence-electron chi connectivity index (χ2n) is 5.96. The van der Waals surface area contributed by atoms with Gasteiger partial charge in [0.15, 0.2) is 5.82 Å². The normalized spacial score (nSPS) is 12.0. The molecule has 1 atom stereocenters. The molecule has 3 aromatic rings. The zero-order valence-electron chi connectivity index (χ0n) is 14.4. The number of aromatic nitrogens is 2. The van der Waals surface area contributed by atoms with Gasteiger partial charge < -0.3 is 10.4 Å². The minimum atomic E-state index is -0.358. The van der Waals surface area contributed by atoms with Crippen molar-refractivity contribution in [2.45, 2.75) is 19.9 Å². The SMILES string of the molecule is Cc1ccsc1-c1nc(C(=O)NC(C)CO)cc(-c2ccc(Cl)cc2)n1. The van der Waals surface area contributed by atoms with Crippen LogP contribution in [-0.2, 0) is 0 Å². The molecule has 2 heterocycles. The second kappa shape index (κ2) is 7.95. The Morgan fingerprint density at radius 3 is 2.62 bits per heavy atom. The Kier molecular flexibility index (Phi) is 5.66. The number of carbonyl (C=O) groups is 1. The maximum Gasteiger partial charge on any atom is 0.270 e. The number of aryl methyl sites for hydroxylation is 1. The van der Waals surface area contributed by atoms with Crippen LogP contribution in [0.15, 0.2) is 41.8 Å². The van der Waals surface area contributed by atoms with Gasteiger partial charge in [-0.3, -0.25) is 4.79 Å². The van der Waals surface area contributed by atoms with E-state index in [0.29, 0.717) is 16.5 Å². The molecule has 1 unspecified atom stereocenters. The highest BCUT2D eigenvalue weighted by molar-refractivity contribution is 7.13. The summed E-state index contributed by atoms with van der Waals surface area (Å²) in [5.41, 5.74) is 2.80. The quantitative estimate of drug-likeness (QED) is 0.695. The van der Waals surface area contributed by atoms with Crippen LogP contribution in [0.25, 0.3) is 22.0 Å². The molecule has 0 bridgehead atoms. The van der Waals surface area contributed by atoms with Gasteiger partial charge in [-0.2, -0.15) is 0 Å². The zero-order valence-corrected chi connectivity index (χ0v) is 15.9. The third-order valence-corrected chi connectivity index (χ3v) is 5.08. The highest BCUT2D eigenvalue weighted by atomic mass is 35.5. The van der Waals surface area contributed by atoms with E-state index < -0.39 is 0 Å². The third kappa shape index (κ3) is 4.09. The molecule has 5 nitrogen and oxygen atoms in total. The van der Waals surface area contributed by atoms with Gasteiger partial charge >= 0.3 is 0 Å². The molecule has 0 saturated carbocycles. The molecule has 134 valence electrons. The maximum absolute atomic E-state index is 12.5. The van der Waals surface area contributed by atoms with Crippen molar-refractivity contribution in [2.24, 2.45) is 0 Å². The van der Waals surface area contributed by atoms with Gasteiger partial charge in [-0.1, -0.05) is 23.7 Å². The van der Waals surface area contributed by atoms with E-state index in [4.69, 9.17) is 11.6 Å². The third-order valence-electron chi connectivity index (χ3n) is 3.82. The molecule has 0 fully saturated rings. The number of hydrogen-bond acceptors (Lipinski definition) is 5. The Balaban J connectivity index is 2.09. The minimum absolute atomic E-state index is 0.141. The lowest BCUT2D eigenvalue weighted by Crippen LogP contribution is -2.35. The van der Waals surface area contributed by atoms with Crippen molar-refractivity contribution in [1.82, 2.24) is 15.3 Å². The molecule has 3 rings (SSSR count). The number of halogens is 1. The maximum atomic E-state index is 12.5. The minimum Gasteiger partial charge on any atom is -0.394 e. The van der Waals surface area contributed by atoms with Gasteiger partial charge in [-0.15, -0.1) is 11.3 Å². The Hall–Kier alpha value is -2.28. The Labute approximate surface area is 160 Å². The number of benzene rings is 1. The Morgan fingerprint density at radius 2 is 2.00 bits per heavy atom. The van der Waals surface area contributed by atoms with Crippen LogP contribution in [-0.4, -0.2) is 33.6 Å². The molecular weight excluding hydrogens is 370 g/mol. The predicted octanol–water partition coefficient (Wildman–Crippen LogP) is 3.94. The van der Waals surface area contributed by atoms with E-state index in [9.17, 15) is 9.90 Å². The van der Waals surface area contributed by atoms with E-state index in [1.165, 1.54) is 11.3 Å². The van der Waals surface area contributed by atoms with Crippen molar-refractivity contribution in [3.05, 3.63) is 58.1 Å². The number of hydrogen-bond donors (Lipinski definition) is 2. The number of carbonyl (C=O) groups excluding carboxylic acids is 1. The summed E-state index contributed by atoms with van der Waals surface area (Å²) in [6.45, 7) is 3.57. The fourth-order valence-electron chi connectivity index (χ4n) is 2.38. The lowest BCUT2D eigenvalue weighted by atomic mass is 10.1. The van der Waals surface area contributed by atoms with Gasteiger partial charge in [-0.25, -0.2) is 9.97 Å². The van der Waals surface area contributed by atoms with E-state index in [1.54, 1.807) is 25.1 Å². The molecule has 26 heavy (non-hydrogen) atoms. The van der Waals surface area contributed by atoms with Crippen molar-refractivity contribution in [3.8, 4) is 22.0 Å². The summed E-state index contributed by atoms with van der Waals surface area (Å²) in [5.74, 6) is 0.159. The van der Waals surface area contributed by atoms with Gasteiger partial charge in [0.1, 0.15) is 5.69 Å². The van der Waals surface area contributed by atoms with Gasteiger partial charge in [-0.05, 0) is 49.1 Å². The fraction of sp³-hybridized carbons (Fsp3) is 0.211. The lowest BCUT2D eigenvalue weighted by Gasteiger charge is -2.12. The topological polar surface area (TPSA) is 75.1 Å². The number of amides is 1. The average molecular weight is 388 g/mol. The van der Waals surface area contributed by atoms with Crippen LogP contribution in [0.1, 0.15) is 23.0 Å². The number of rotatable bonds is 5. The molecule has 2 aromatic heterocycles. The molecular formula is C19H18ClN3O2S. The molecule has 0 aliphatic heterocycles.